The maximum Gasteiger partial charge on any atom is 0.227 e. The first-order chi connectivity index (χ1) is 12.1. The van der Waals surface area contributed by atoms with Crippen molar-refractivity contribution in [3.05, 3.63) is 65.5 Å². The second kappa shape index (κ2) is 8.23. The summed E-state index contributed by atoms with van der Waals surface area (Å²) in [6, 6.07) is 14.7. The molecule has 132 valence electrons. The van der Waals surface area contributed by atoms with Gasteiger partial charge in [0.25, 0.3) is 0 Å². The van der Waals surface area contributed by atoms with Crippen molar-refractivity contribution in [3.8, 4) is 0 Å². The van der Waals surface area contributed by atoms with E-state index in [1.807, 2.05) is 25.1 Å². The highest BCUT2D eigenvalue weighted by Gasteiger charge is 2.23. The Kier molecular flexibility index (Phi) is 5.79. The summed E-state index contributed by atoms with van der Waals surface area (Å²) in [4.78, 5) is 14.6. The van der Waals surface area contributed by atoms with Crippen LogP contribution in [0, 0.1) is 12.7 Å². The van der Waals surface area contributed by atoms with Crippen molar-refractivity contribution in [2.45, 2.75) is 26.0 Å². The molecular formula is C20H23FN2O2. The lowest BCUT2D eigenvalue weighted by molar-refractivity contribution is -0.121. The van der Waals surface area contributed by atoms with E-state index >= 15 is 0 Å². The largest absolute Gasteiger partial charge is 0.375 e. The number of carbonyl (C=O) groups is 1. The number of benzene rings is 2. The fraction of sp³-hybridized carbons (Fsp3) is 0.350. The van der Waals surface area contributed by atoms with E-state index < -0.39 is 0 Å². The molecule has 4 nitrogen and oxygen atoms in total. The van der Waals surface area contributed by atoms with Crippen molar-refractivity contribution in [1.82, 2.24) is 4.90 Å². The molecule has 0 spiro atoms. The standard InChI is InChI=1S/C20H23FN2O2/c1-15-7-8-17(21)11-19(15)22-20(24)12-18-14-23(9-10-25-18)13-16-5-3-2-4-6-16/h2-8,11,18H,9-10,12-14H2,1H3,(H,22,24). The topological polar surface area (TPSA) is 41.6 Å². The van der Waals surface area contributed by atoms with Crippen LogP contribution in [0.1, 0.15) is 17.5 Å². The van der Waals surface area contributed by atoms with Gasteiger partial charge in [-0.1, -0.05) is 36.4 Å². The summed E-state index contributed by atoms with van der Waals surface area (Å²) in [5.41, 5.74) is 2.61. The average Bonchev–Trinajstić information content (AvgIpc) is 2.59. The van der Waals surface area contributed by atoms with Crippen LogP contribution in [-0.2, 0) is 16.1 Å². The third-order valence-electron chi connectivity index (χ3n) is 4.36. The molecule has 2 aromatic carbocycles. The van der Waals surface area contributed by atoms with Gasteiger partial charge in [-0.25, -0.2) is 4.39 Å². The zero-order valence-corrected chi connectivity index (χ0v) is 14.4. The van der Waals surface area contributed by atoms with Crippen molar-refractivity contribution in [1.29, 1.82) is 0 Å². The summed E-state index contributed by atoms with van der Waals surface area (Å²) >= 11 is 0. The Morgan fingerprint density at radius 1 is 1.28 bits per heavy atom. The molecule has 25 heavy (non-hydrogen) atoms. The highest BCUT2D eigenvalue weighted by atomic mass is 19.1. The summed E-state index contributed by atoms with van der Waals surface area (Å²) < 4.78 is 19.1. The van der Waals surface area contributed by atoms with Crippen LogP contribution in [0.3, 0.4) is 0 Å². The van der Waals surface area contributed by atoms with Gasteiger partial charge in [0.05, 0.1) is 19.1 Å². The molecular weight excluding hydrogens is 319 g/mol. The van der Waals surface area contributed by atoms with E-state index in [2.05, 4.69) is 22.3 Å². The van der Waals surface area contributed by atoms with Crippen LogP contribution in [0.2, 0.25) is 0 Å². The maximum absolute atomic E-state index is 13.3. The molecule has 0 aliphatic carbocycles. The Bertz CT molecular complexity index is 721. The molecule has 5 heteroatoms. The molecule has 1 aliphatic rings. The van der Waals surface area contributed by atoms with Gasteiger partial charge in [0, 0.05) is 25.3 Å². The lowest BCUT2D eigenvalue weighted by Crippen LogP contribution is -2.43. The van der Waals surface area contributed by atoms with Gasteiger partial charge in [-0.2, -0.15) is 0 Å². The van der Waals surface area contributed by atoms with E-state index in [0.29, 0.717) is 18.8 Å². The van der Waals surface area contributed by atoms with Crippen LogP contribution in [0.5, 0.6) is 0 Å². The molecule has 1 fully saturated rings. The summed E-state index contributed by atoms with van der Waals surface area (Å²) in [5.74, 6) is -0.510. The van der Waals surface area contributed by atoms with Crippen molar-refractivity contribution in [2.24, 2.45) is 0 Å². The van der Waals surface area contributed by atoms with Crippen LogP contribution >= 0.6 is 0 Å². The molecule has 1 atom stereocenters. The number of nitrogens with one attached hydrogen (secondary N) is 1. The first-order valence-corrected chi connectivity index (χ1v) is 8.54. The summed E-state index contributed by atoms with van der Waals surface area (Å²) in [5, 5.41) is 2.79. The second-order valence-electron chi connectivity index (χ2n) is 6.43. The average molecular weight is 342 g/mol. The van der Waals surface area contributed by atoms with Gasteiger partial charge in [-0.15, -0.1) is 0 Å². The minimum Gasteiger partial charge on any atom is -0.375 e. The quantitative estimate of drug-likeness (QED) is 0.906. The highest BCUT2D eigenvalue weighted by Crippen LogP contribution is 2.18. The minimum absolute atomic E-state index is 0.147. The van der Waals surface area contributed by atoms with E-state index in [1.54, 1.807) is 6.07 Å². The van der Waals surface area contributed by atoms with E-state index in [0.717, 1.165) is 18.7 Å². The number of morpholine rings is 1. The SMILES string of the molecule is Cc1ccc(F)cc1NC(=O)CC1CN(Cc2ccccc2)CCO1. The molecule has 0 radical (unpaired) electrons. The highest BCUT2D eigenvalue weighted by molar-refractivity contribution is 5.91. The lowest BCUT2D eigenvalue weighted by atomic mass is 10.1. The molecule has 0 aromatic heterocycles. The molecule has 3 rings (SSSR count). The first kappa shape index (κ1) is 17.6. The van der Waals surface area contributed by atoms with Crippen LogP contribution in [-0.4, -0.2) is 36.6 Å². The van der Waals surface area contributed by atoms with E-state index in [1.165, 1.54) is 17.7 Å². The van der Waals surface area contributed by atoms with Gasteiger partial charge in [0.15, 0.2) is 0 Å². The van der Waals surface area contributed by atoms with Gasteiger partial charge in [0.2, 0.25) is 5.91 Å². The fourth-order valence-electron chi connectivity index (χ4n) is 3.03. The Balaban J connectivity index is 1.53. The van der Waals surface area contributed by atoms with Crippen molar-refractivity contribution >= 4 is 11.6 Å². The second-order valence-corrected chi connectivity index (χ2v) is 6.43. The monoisotopic (exact) mass is 342 g/mol. The minimum atomic E-state index is -0.358. The Morgan fingerprint density at radius 2 is 2.08 bits per heavy atom. The summed E-state index contributed by atoms with van der Waals surface area (Å²) in [6.07, 6.45) is 0.118. The zero-order valence-electron chi connectivity index (χ0n) is 14.4. The van der Waals surface area contributed by atoms with Gasteiger partial charge >= 0.3 is 0 Å². The molecule has 2 aromatic rings. The van der Waals surface area contributed by atoms with Gasteiger partial charge in [0.1, 0.15) is 5.82 Å². The van der Waals surface area contributed by atoms with Gasteiger partial charge < -0.3 is 10.1 Å². The van der Waals surface area contributed by atoms with Crippen molar-refractivity contribution in [3.63, 3.8) is 0 Å². The van der Waals surface area contributed by atoms with Crippen LogP contribution in [0.25, 0.3) is 0 Å². The fourth-order valence-corrected chi connectivity index (χ4v) is 3.03. The van der Waals surface area contributed by atoms with Gasteiger partial charge in [-0.05, 0) is 30.2 Å². The number of nitrogens with zero attached hydrogens (tertiary/aromatic N) is 1. The van der Waals surface area contributed by atoms with Crippen molar-refractivity contribution in [2.75, 3.05) is 25.0 Å². The number of hydrogen-bond acceptors (Lipinski definition) is 3. The van der Waals surface area contributed by atoms with E-state index in [4.69, 9.17) is 4.74 Å². The number of carbonyl (C=O) groups excluding carboxylic acids is 1. The Morgan fingerprint density at radius 3 is 2.88 bits per heavy atom. The molecule has 0 bridgehead atoms. The molecule has 1 unspecified atom stereocenters. The maximum atomic E-state index is 13.3. The molecule has 1 saturated heterocycles. The zero-order chi connectivity index (χ0) is 17.6. The van der Waals surface area contributed by atoms with E-state index in [-0.39, 0.29) is 24.2 Å². The van der Waals surface area contributed by atoms with Crippen LogP contribution < -0.4 is 5.32 Å². The summed E-state index contributed by atoms with van der Waals surface area (Å²) in [6.45, 7) is 4.88. The predicted molar refractivity (Wildman–Crippen MR) is 95.8 cm³/mol. The predicted octanol–water partition coefficient (Wildman–Crippen LogP) is 3.36. The first-order valence-electron chi connectivity index (χ1n) is 8.54. The number of ether oxygens (including phenoxy) is 1. The summed E-state index contributed by atoms with van der Waals surface area (Å²) in [7, 11) is 0. The van der Waals surface area contributed by atoms with Crippen LogP contribution in [0.15, 0.2) is 48.5 Å². The third kappa shape index (κ3) is 5.11. The molecule has 1 amide bonds. The van der Waals surface area contributed by atoms with E-state index in [9.17, 15) is 9.18 Å². The Labute approximate surface area is 147 Å². The number of halogens is 1. The molecule has 0 saturated carbocycles. The lowest BCUT2D eigenvalue weighted by Gasteiger charge is -2.32. The Hall–Kier alpha value is -2.24. The van der Waals surface area contributed by atoms with Crippen LogP contribution in [0.4, 0.5) is 10.1 Å². The number of hydrogen-bond donors (Lipinski definition) is 1. The van der Waals surface area contributed by atoms with Gasteiger partial charge in [-0.3, -0.25) is 9.69 Å². The number of aryl methyl sites for hydroxylation is 1. The molecule has 1 aliphatic heterocycles. The number of rotatable bonds is 5. The number of anilines is 1. The smallest absolute Gasteiger partial charge is 0.227 e. The normalized spacial score (nSPS) is 18.1. The number of amides is 1. The van der Waals surface area contributed by atoms with Crippen molar-refractivity contribution < 1.29 is 13.9 Å². The molecule has 1 heterocycles. The molecule has 1 N–H and O–H groups in total. The third-order valence-corrected chi connectivity index (χ3v) is 4.36.